The molecule has 2 N–H and O–H groups in total. The van der Waals surface area contributed by atoms with Crippen molar-refractivity contribution in [3.8, 4) is 0 Å². The molecular weight excluding hydrogens is 246 g/mol. The summed E-state index contributed by atoms with van der Waals surface area (Å²) in [6, 6.07) is 3.38. The molecule has 0 aliphatic heterocycles. The number of anilines is 1. The molecule has 0 saturated heterocycles. The first kappa shape index (κ1) is 13.3. The van der Waals surface area contributed by atoms with Crippen molar-refractivity contribution in [2.75, 3.05) is 18.9 Å². The number of hydrogen-bond acceptors (Lipinski definition) is 5. The number of esters is 1. The number of hydrogen-bond donors (Lipinski definition) is 1. The van der Waals surface area contributed by atoms with E-state index in [1.54, 1.807) is 19.1 Å². The van der Waals surface area contributed by atoms with Gasteiger partial charge in [-0.2, -0.15) is 0 Å². The number of carbonyl (C=O) groups excluding carboxylic acids is 2. The third kappa shape index (κ3) is 3.21. The van der Waals surface area contributed by atoms with E-state index in [9.17, 15) is 9.59 Å². The van der Waals surface area contributed by atoms with E-state index in [2.05, 4.69) is 4.98 Å². The molecule has 19 heavy (non-hydrogen) atoms. The fraction of sp³-hybridized carbons (Fsp3) is 0.462. The summed E-state index contributed by atoms with van der Waals surface area (Å²) in [6.07, 6.45) is 3.31. The summed E-state index contributed by atoms with van der Waals surface area (Å²) in [5.74, 6) is -0.717. The zero-order valence-corrected chi connectivity index (χ0v) is 10.8. The summed E-state index contributed by atoms with van der Waals surface area (Å²) in [4.78, 5) is 29.4. The van der Waals surface area contributed by atoms with Crippen molar-refractivity contribution in [2.45, 2.75) is 25.8 Å². The molecule has 0 spiro atoms. The van der Waals surface area contributed by atoms with Crippen LogP contribution in [-0.2, 0) is 9.53 Å². The van der Waals surface area contributed by atoms with Crippen LogP contribution in [-0.4, -0.2) is 41.0 Å². The van der Waals surface area contributed by atoms with Gasteiger partial charge in [0.15, 0.2) is 5.69 Å². The minimum Gasteiger partial charge on any atom is -0.465 e. The van der Waals surface area contributed by atoms with Crippen molar-refractivity contribution in [3.63, 3.8) is 0 Å². The third-order valence-electron chi connectivity index (χ3n) is 2.89. The lowest BCUT2D eigenvalue weighted by molar-refractivity contribution is -0.144. The van der Waals surface area contributed by atoms with Gasteiger partial charge in [0.05, 0.1) is 12.3 Å². The fourth-order valence-corrected chi connectivity index (χ4v) is 1.83. The minimum atomic E-state index is -0.405. The lowest BCUT2D eigenvalue weighted by atomic mass is 10.2. The number of nitrogen functional groups attached to an aromatic ring is 1. The first-order valence-corrected chi connectivity index (χ1v) is 6.30. The zero-order valence-electron chi connectivity index (χ0n) is 10.8. The van der Waals surface area contributed by atoms with Gasteiger partial charge >= 0.3 is 5.97 Å². The van der Waals surface area contributed by atoms with Crippen LogP contribution in [0.15, 0.2) is 18.3 Å². The quantitative estimate of drug-likeness (QED) is 0.795. The van der Waals surface area contributed by atoms with Gasteiger partial charge < -0.3 is 15.4 Å². The molecule has 6 nitrogen and oxygen atoms in total. The maximum absolute atomic E-state index is 12.4. The molecule has 1 heterocycles. The van der Waals surface area contributed by atoms with Gasteiger partial charge in [0.1, 0.15) is 6.54 Å². The molecule has 1 saturated carbocycles. The number of rotatable bonds is 5. The third-order valence-corrected chi connectivity index (χ3v) is 2.89. The van der Waals surface area contributed by atoms with E-state index in [0.29, 0.717) is 12.3 Å². The van der Waals surface area contributed by atoms with Gasteiger partial charge in [-0.05, 0) is 31.9 Å². The van der Waals surface area contributed by atoms with Crippen molar-refractivity contribution >= 4 is 17.6 Å². The van der Waals surface area contributed by atoms with Crippen LogP contribution in [0.4, 0.5) is 5.69 Å². The van der Waals surface area contributed by atoms with Crippen molar-refractivity contribution in [3.05, 3.63) is 24.0 Å². The van der Waals surface area contributed by atoms with Crippen LogP contribution in [0.1, 0.15) is 30.3 Å². The fourth-order valence-electron chi connectivity index (χ4n) is 1.83. The SMILES string of the molecule is CCOC(=O)CN(C(=O)c1ncccc1N)C1CC1. The minimum absolute atomic E-state index is 0.0483. The van der Waals surface area contributed by atoms with Crippen LogP contribution < -0.4 is 5.73 Å². The van der Waals surface area contributed by atoms with E-state index < -0.39 is 5.97 Å². The summed E-state index contributed by atoms with van der Waals surface area (Å²) < 4.78 is 4.88. The number of carbonyl (C=O) groups is 2. The molecular formula is C13H17N3O3. The molecule has 6 heteroatoms. The standard InChI is InChI=1S/C13H17N3O3/c1-2-19-11(17)8-16(9-5-6-9)13(18)12-10(14)4-3-7-15-12/h3-4,7,9H,2,5-6,8,14H2,1H3. The van der Waals surface area contributed by atoms with Crippen LogP contribution in [0.25, 0.3) is 0 Å². The molecule has 2 rings (SSSR count). The van der Waals surface area contributed by atoms with Crippen LogP contribution in [0.5, 0.6) is 0 Å². The Hall–Kier alpha value is -2.11. The number of pyridine rings is 1. The molecule has 0 radical (unpaired) electrons. The summed E-state index contributed by atoms with van der Waals surface area (Å²) in [5, 5.41) is 0. The van der Waals surface area contributed by atoms with E-state index in [1.807, 2.05) is 0 Å². The Morgan fingerprint density at radius 1 is 1.53 bits per heavy atom. The number of nitrogens with zero attached hydrogens (tertiary/aromatic N) is 2. The smallest absolute Gasteiger partial charge is 0.325 e. The van der Waals surface area contributed by atoms with E-state index in [1.165, 1.54) is 11.1 Å². The Morgan fingerprint density at radius 2 is 2.26 bits per heavy atom. The van der Waals surface area contributed by atoms with Gasteiger partial charge in [0.2, 0.25) is 0 Å². The monoisotopic (exact) mass is 263 g/mol. The van der Waals surface area contributed by atoms with Crippen LogP contribution in [0.2, 0.25) is 0 Å². The van der Waals surface area contributed by atoms with Gasteiger partial charge in [0, 0.05) is 12.2 Å². The molecule has 0 atom stereocenters. The van der Waals surface area contributed by atoms with Gasteiger partial charge in [-0.25, -0.2) is 4.98 Å². The van der Waals surface area contributed by atoms with E-state index in [-0.39, 0.29) is 24.2 Å². The highest BCUT2D eigenvalue weighted by Gasteiger charge is 2.35. The van der Waals surface area contributed by atoms with Gasteiger partial charge in [0.25, 0.3) is 5.91 Å². The maximum Gasteiger partial charge on any atom is 0.325 e. The number of amides is 1. The zero-order chi connectivity index (χ0) is 13.8. The molecule has 1 fully saturated rings. The highest BCUT2D eigenvalue weighted by Crippen LogP contribution is 2.28. The second-order valence-electron chi connectivity index (χ2n) is 4.41. The summed E-state index contributed by atoms with van der Waals surface area (Å²) in [5.41, 5.74) is 6.26. The molecule has 0 bridgehead atoms. The molecule has 102 valence electrons. The highest BCUT2D eigenvalue weighted by molar-refractivity contribution is 5.98. The van der Waals surface area contributed by atoms with Gasteiger partial charge in [-0.1, -0.05) is 0 Å². The first-order chi connectivity index (χ1) is 9.13. The Kier molecular flexibility index (Phi) is 3.99. The lowest BCUT2D eigenvalue weighted by Crippen LogP contribution is -2.39. The van der Waals surface area contributed by atoms with E-state index >= 15 is 0 Å². The molecule has 1 amide bonds. The average molecular weight is 263 g/mol. The Morgan fingerprint density at radius 3 is 2.84 bits per heavy atom. The van der Waals surface area contributed by atoms with Crippen LogP contribution in [0.3, 0.4) is 0 Å². The molecule has 1 aliphatic rings. The van der Waals surface area contributed by atoms with Crippen LogP contribution >= 0.6 is 0 Å². The molecule has 0 aromatic carbocycles. The van der Waals surface area contributed by atoms with Crippen molar-refractivity contribution in [1.29, 1.82) is 0 Å². The highest BCUT2D eigenvalue weighted by atomic mass is 16.5. The van der Waals surface area contributed by atoms with E-state index in [0.717, 1.165) is 12.8 Å². The predicted molar refractivity (Wildman–Crippen MR) is 69.3 cm³/mol. The lowest BCUT2D eigenvalue weighted by Gasteiger charge is -2.21. The molecule has 1 aliphatic carbocycles. The van der Waals surface area contributed by atoms with Gasteiger partial charge in [-0.15, -0.1) is 0 Å². The Balaban J connectivity index is 2.13. The normalized spacial score (nSPS) is 13.9. The summed E-state index contributed by atoms with van der Waals surface area (Å²) in [7, 11) is 0. The topological polar surface area (TPSA) is 85.5 Å². The Labute approximate surface area is 111 Å². The van der Waals surface area contributed by atoms with Crippen LogP contribution in [0, 0.1) is 0 Å². The summed E-state index contributed by atoms with van der Waals surface area (Å²) >= 11 is 0. The van der Waals surface area contributed by atoms with Gasteiger partial charge in [-0.3, -0.25) is 9.59 Å². The largest absolute Gasteiger partial charge is 0.465 e. The molecule has 1 aromatic rings. The summed E-state index contributed by atoms with van der Waals surface area (Å²) in [6.45, 7) is 1.99. The Bertz CT molecular complexity index is 486. The average Bonchev–Trinajstić information content (AvgIpc) is 3.20. The predicted octanol–water partition coefficient (Wildman–Crippen LogP) is 0.831. The van der Waals surface area contributed by atoms with E-state index in [4.69, 9.17) is 10.5 Å². The molecule has 1 aromatic heterocycles. The second kappa shape index (κ2) is 5.69. The van der Waals surface area contributed by atoms with Crippen molar-refractivity contribution in [2.24, 2.45) is 0 Å². The number of nitrogens with two attached hydrogens (primary N) is 1. The molecule has 0 unspecified atom stereocenters. The second-order valence-corrected chi connectivity index (χ2v) is 4.41. The first-order valence-electron chi connectivity index (χ1n) is 6.30. The van der Waals surface area contributed by atoms with Crippen molar-refractivity contribution < 1.29 is 14.3 Å². The number of aromatic nitrogens is 1. The maximum atomic E-state index is 12.4. The van der Waals surface area contributed by atoms with Crippen molar-refractivity contribution in [1.82, 2.24) is 9.88 Å². The number of ether oxygens (including phenoxy) is 1.